The minimum absolute atomic E-state index is 0.0583. The van der Waals surface area contributed by atoms with E-state index in [1.54, 1.807) is 0 Å². The lowest BCUT2D eigenvalue weighted by molar-refractivity contribution is -0.122. The molecular weight excluding hydrogens is 226 g/mol. The summed E-state index contributed by atoms with van der Waals surface area (Å²) in [6.45, 7) is 5.93. The first-order chi connectivity index (χ1) is 8.44. The Bertz CT molecular complexity index is 518. The Hall–Kier alpha value is -1.84. The van der Waals surface area contributed by atoms with Crippen molar-refractivity contribution in [1.29, 1.82) is 0 Å². The normalized spacial score (nSPS) is 11.7. The van der Waals surface area contributed by atoms with Crippen molar-refractivity contribution in [3.05, 3.63) is 30.1 Å². The quantitative estimate of drug-likeness (QED) is 0.872. The van der Waals surface area contributed by atoms with Gasteiger partial charge in [0.1, 0.15) is 5.82 Å². The number of nitrogens with zero attached hydrogens (tertiary/aromatic N) is 1. The molecule has 0 fully saturated rings. The average molecular weight is 245 g/mol. The molecule has 2 aromatic rings. The standard InChI is InChI=1S/C14H19N3O/c1-14(2,3)17-13(18)9-8-12-15-10-6-4-5-7-11(10)16-12/h4-7H,8-9H2,1-3H3,(H,15,16)(H,17,18). The SMILES string of the molecule is CC(C)(C)NC(=O)CCc1nc2ccccc2[nH]1. The molecule has 0 saturated heterocycles. The van der Waals surface area contributed by atoms with Crippen molar-refractivity contribution in [2.75, 3.05) is 0 Å². The minimum atomic E-state index is -0.176. The molecule has 0 spiro atoms. The van der Waals surface area contributed by atoms with E-state index >= 15 is 0 Å². The third kappa shape index (κ3) is 3.32. The van der Waals surface area contributed by atoms with Gasteiger partial charge < -0.3 is 10.3 Å². The van der Waals surface area contributed by atoms with Crippen LogP contribution in [0.25, 0.3) is 11.0 Å². The Balaban J connectivity index is 1.96. The number of H-pyrrole nitrogens is 1. The molecular formula is C14H19N3O. The minimum Gasteiger partial charge on any atom is -0.351 e. The number of rotatable bonds is 3. The highest BCUT2D eigenvalue weighted by molar-refractivity contribution is 5.77. The van der Waals surface area contributed by atoms with Crippen molar-refractivity contribution in [1.82, 2.24) is 15.3 Å². The molecule has 0 bridgehead atoms. The number of nitrogens with one attached hydrogen (secondary N) is 2. The number of aromatic nitrogens is 2. The van der Waals surface area contributed by atoms with Crippen LogP contribution in [0.3, 0.4) is 0 Å². The summed E-state index contributed by atoms with van der Waals surface area (Å²) in [5.41, 5.74) is 1.79. The molecule has 0 aliphatic rings. The fourth-order valence-electron chi connectivity index (χ4n) is 1.84. The number of hydrogen-bond acceptors (Lipinski definition) is 2. The fraction of sp³-hybridized carbons (Fsp3) is 0.429. The van der Waals surface area contributed by atoms with E-state index in [1.165, 1.54) is 0 Å². The Morgan fingerprint density at radius 1 is 1.33 bits per heavy atom. The number of carbonyl (C=O) groups excluding carboxylic acids is 1. The van der Waals surface area contributed by atoms with E-state index < -0.39 is 0 Å². The molecule has 0 radical (unpaired) electrons. The maximum absolute atomic E-state index is 11.7. The second-order valence-corrected chi connectivity index (χ2v) is 5.50. The molecule has 2 N–H and O–H groups in total. The molecule has 1 amide bonds. The molecule has 1 heterocycles. The van der Waals surface area contributed by atoms with Gasteiger partial charge in [-0.1, -0.05) is 12.1 Å². The first kappa shape index (κ1) is 12.6. The van der Waals surface area contributed by atoms with Gasteiger partial charge in [0, 0.05) is 18.4 Å². The third-order valence-electron chi connectivity index (χ3n) is 2.54. The van der Waals surface area contributed by atoms with Crippen LogP contribution in [0.5, 0.6) is 0 Å². The molecule has 96 valence electrons. The van der Waals surface area contributed by atoms with Crippen LogP contribution in [-0.2, 0) is 11.2 Å². The molecule has 0 saturated carbocycles. The van der Waals surface area contributed by atoms with Crippen LogP contribution in [0.15, 0.2) is 24.3 Å². The van der Waals surface area contributed by atoms with E-state index in [-0.39, 0.29) is 11.4 Å². The molecule has 0 aliphatic heterocycles. The van der Waals surface area contributed by atoms with Crippen molar-refractivity contribution in [3.63, 3.8) is 0 Å². The van der Waals surface area contributed by atoms with Gasteiger partial charge in [0.2, 0.25) is 5.91 Å². The maximum Gasteiger partial charge on any atom is 0.220 e. The van der Waals surface area contributed by atoms with Gasteiger partial charge in [0.25, 0.3) is 0 Å². The first-order valence-corrected chi connectivity index (χ1v) is 6.19. The average Bonchev–Trinajstić information content (AvgIpc) is 2.66. The number of carbonyl (C=O) groups is 1. The predicted octanol–water partition coefficient (Wildman–Crippen LogP) is 2.41. The number of aryl methyl sites for hydroxylation is 1. The number of hydrogen-bond donors (Lipinski definition) is 2. The Kier molecular flexibility index (Phi) is 3.36. The van der Waals surface area contributed by atoms with E-state index in [2.05, 4.69) is 15.3 Å². The molecule has 0 aliphatic carbocycles. The summed E-state index contributed by atoms with van der Waals surface area (Å²) < 4.78 is 0. The summed E-state index contributed by atoms with van der Waals surface area (Å²) in [5.74, 6) is 0.920. The van der Waals surface area contributed by atoms with Gasteiger partial charge in [-0.05, 0) is 32.9 Å². The number of para-hydroxylation sites is 2. The zero-order chi connectivity index (χ0) is 13.2. The molecule has 1 aromatic heterocycles. The number of aromatic amines is 1. The van der Waals surface area contributed by atoms with Gasteiger partial charge in [-0.15, -0.1) is 0 Å². The monoisotopic (exact) mass is 245 g/mol. The van der Waals surface area contributed by atoms with Crippen LogP contribution < -0.4 is 5.32 Å². The highest BCUT2D eigenvalue weighted by Gasteiger charge is 2.14. The summed E-state index contributed by atoms with van der Waals surface area (Å²) in [6, 6.07) is 7.88. The second kappa shape index (κ2) is 4.80. The largest absolute Gasteiger partial charge is 0.351 e. The zero-order valence-electron chi connectivity index (χ0n) is 11.1. The highest BCUT2D eigenvalue weighted by atomic mass is 16.1. The van der Waals surface area contributed by atoms with E-state index in [4.69, 9.17) is 0 Å². The van der Waals surface area contributed by atoms with Crippen LogP contribution >= 0.6 is 0 Å². The van der Waals surface area contributed by atoms with Gasteiger partial charge in [0.05, 0.1) is 11.0 Å². The fourth-order valence-corrected chi connectivity index (χ4v) is 1.84. The maximum atomic E-state index is 11.7. The third-order valence-corrected chi connectivity index (χ3v) is 2.54. The lowest BCUT2D eigenvalue weighted by Crippen LogP contribution is -2.40. The Labute approximate surface area is 107 Å². The Morgan fingerprint density at radius 3 is 2.72 bits per heavy atom. The molecule has 4 nitrogen and oxygen atoms in total. The van der Waals surface area contributed by atoms with Crippen molar-refractivity contribution < 1.29 is 4.79 Å². The van der Waals surface area contributed by atoms with E-state index in [0.717, 1.165) is 16.9 Å². The van der Waals surface area contributed by atoms with Crippen molar-refractivity contribution in [2.45, 2.75) is 39.2 Å². The van der Waals surface area contributed by atoms with Gasteiger partial charge in [-0.25, -0.2) is 4.98 Å². The topological polar surface area (TPSA) is 57.8 Å². The predicted molar refractivity (Wildman–Crippen MR) is 72.3 cm³/mol. The highest BCUT2D eigenvalue weighted by Crippen LogP contribution is 2.11. The first-order valence-electron chi connectivity index (χ1n) is 6.19. The van der Waals surface area contributed by atoms with Gasteiger partial charge >= 0.3 is 0 Å². The van der Waals surface area contributed by atoms with Crippen molar-refractivity contribution in [3.8, 4) is 0 Å². The Morgan fingerprint density at radius 2 is 2.06 bits per heavy atom. The van der Waals surface area contributed by atoms with E-state index in [0.29, 0.717) is 12.8 Å². The number of imidazole rings is 1. The molecule has 0 unspecified atom stereocenters. The number of fused-ring (bicyclic) bond motifs is 1. The summed E-state index contributed by atoms with van der Waals surface area (Å²) in [7, 11) is 0. The van der Waals surface area contributed by atoms with Crippen molar-refractivity contribution in [2.24, 2.45) is 0 Å². The summed E-state index contributed by atoms with van der Waals surface area (Å²) >= 11 is 0. The van der Waals surface area contributed by atoms with Crippen LogP contribution in [-0.4, -0.2) is 21.4 Å². The molecule has 18 heavy (non-hydrogen) atoms. The smallest absolute Gasteiger partial charge is 0.220 e. The molecule has 1 aromatic carbocycles. The molecule has 4 heteroatoms. The summed E-state index contributed by atoms with van der Waals surface area (Å²) in [4.78, 5) is 19.4. The molecule has 2 rings (SSSR count). The van der Waals surface area contributed by atoms with Gasteiger partial charge in [0.15, 0.2) is 0 Å². The van der Waals surface area contributed by atoms with Gasteiger partial charge in [-0.2, -0.15) is 0 Å². The van der Waals surface area contributed by atoms with Crippen LogP contribution in [0.1, 0.15) is 33.0 Å². The van der Waals surface area contributed by atoms with Crippen molar-refractivity contribution >= 4 is 16.9 Å². The summed E-state index contributed by atoms with van der Waals surface area (Å²) in [5, 5.41) is 2.94. The zero-order valence-corrected chi connectivity index (χ0v) is 11.1. The van der Waals surface area contributed by atoms with Gasteiger partial charge in [-0.3, -0.25) is 4.79 Å². The van der Waals surface area contributed by atoms with Crippen LogP contribution in [0.2, 0.25) is 0 Å². The molecule has 0 atom stereocenters. The second-order valence-electron chi connectivity index (χ2n) is 5.50. The number of amides is 1. The van der Waals surface area contributed by atoms with Crippen LogP contribution in [0.4, 0.5) is 0 Å². The van der Waals surface area contributed by atoms with Crippen LogP contribution in [0, 0.1) is 0 Å². The lowest BCUT2D eigenvalue weighted by Gasteiger charge is -2.20. The van der Waals surface area contributed by atoms with E-state index in [9.17, 15) is 4.79 Å². The summed E-state index contributed by atoms with van der Waals surface area (Å²) in [6.07, 6.45) is 1.09. The van der Waals surface area contributed by atoms with E-state index in [1.807, 2.05) is 45.0 Å². The lowest BCUT2D eigenvalue weighted by atomic mass is 10.1. The number of benzene rings is 1.